The Kier molecular flexibility index (Phi) is 2.52. The number of hydrogen-bond donors (Lipinski definition) is 1. The predicted molar refractivity (Wildman–Crippen MR) is 51.6 cm³/mol. The Hall–Kier alpha value is -1.30. The minimum absolute atomic E-state index is 0.0178. The molecular formula is C9H6BrFO4. The fourth-order valence-electron chi connectivity index (χ4n) is 1.32. The summed E-state index contributed by atoms with van der Waals surface area (Å²) in [6, 6.07) is 1.34. The summed E-state index contributed by atoms with van der Waals surface area (Å²) in [7, 11) is 0. The molecule has 1 aromatic carbocycles. The SMILES string of the molecule is O=C(O)Cc1cc2c(c(Br)c1F)OCO2. The molecule has 15 heavy (non-hydrogen) atoms. The lowest BCUT2D eigenvalue weighted by Crippen LogP contribution is -2.03. The van der Waals surface area contributed by atoms with Gasteiger partial charge >= 0.3 is 5.97 Å². The van der Waals surface area contributed by atoms with Crippen molar-refractivity contribution in [1.29, 1.82) is 0 Å². The number of halogens is 2. The van der Waals surface area contributed by atoms with E-state index in [0.29, 0.717) is 5.75 Å². The number of rotatable bonds is 2. The van der Waals surface area contributed by atoms with Crippen molar-refractivity contribution in [2.45, 2.75) is 6.42 Å². The number of ether oxygens (including phenoxy) is 2. The molecule has 0 bridgehead atoms. The van der Waals surface area contributed by atoms with Gasteiger partial charge < -0.3 is 14.6 Å². The molecule has 1 N–H and O–H groups in total. The highest BCUT2D eigenvalue weighted by atomic mass is 79.9. The van der Waals surface area contributed by atoms with Gasteiger partial charge in [0.1, 0.15) is 5.82 Å². The van der Waals surface area contributed by atoms with E-state index in [1.54, 1.807) is 0 Å². The molecule has 1 aliphatic heterocycles. The van der Waals surface area contributed by atoms with E-state index in [9.17, 15) is 9.18 Å². The van der Waals surface area contributed by atoms with Crippen molar-refractivity contribution in [2.75, 3.05) is 6.79 Å². The molecule has 1 heterocycles. The number of hydrogen-bond acceptors (Lipinski definition) is 3. The summed E-state index contributed by atoms with van der Waals surface area (Å²) in [4.78, 5) is 10.5. The first-order chi connectivity index (χ1) is 7.09. The molecule has 2 rings (SSSR count). The maximum absolute atomic E-state index is 13.6. The van der Waals surface area contributed by atoms with Gasteiger partial charge in [-0.15, -0.1) is 0 Å². The van der Waals surface area contributed by atoms with Gasteiger partial charge in [-0.25, -0.2) is 4.39 Å². The highest BCUT2D eigenvalue weighted by Crippen LogP contribution is 2.42. The van der Waals surface area contributed by atoms with E-state index in [0.717, 1.165) is 0 Å². The molecule has 0 spiro atoms. The van der Waals surface area contributed by atoms with Crippen molar-refractivity contribution in [3.05, 3.63) is 21.9 Å². The van der Waals surface area contributed by atoms with Gasteiger partial charge in [0.25, 0.3) is 0 Å². The first-order valence-electron chi connectivity index (χ1n) is 4.08. The van der Waals surface area contributed by atoms with E-state index in [2.05, 4.69) is 15.9 Å². The third kappa shape index (κ3) is 1.77. The molecule has 80 valence electrons. The molecule has 4 nitrogen and oxygen atoms in total. The normalized spacial score (nSPS) is 12.9. The van der Waals surface area contributed by atoms with E-state index in [1.165, 1.54) is 6.07 Å². The fourth-order valence-corrected chi connectivity index (χ4v) is 1.89. The number of carboxylic acids is 1. The van der Waals surface area contributed by atoms with Crippen molar-refractivity contribution >= 4 is 21.9 Å². The lowest BCUT2D eigenvalue weighted by molar-refractivity contribution is -0.136. The molecule has 0 atom stereocenters. The number of carboxylic acid groups (broad SMARTS) is 1. The van der Waals surface area contributed by atoms with Crippen LogP contribution in [0.4, 0.5) is 4.39 Å². The maximum atomic E-state index is 13.6. The zero-order valence-corrected chi connectivity index (χ0v) is 9.01. The highest BCUT2D eigenvalue weighted by Gasteiger charge is 2.23. The lowest BCUT2D eigenvalue weighted by atomic mass is 10.1. The third-order valence-electron chi connectivity index (χ3n) is 1.96. The van der Waals surface area contributed by atoms with Crippen LogP contribution < -0.4 is 9.47 Å². The monoisotopic (exact) mass is 276 g/mol. The Balaban J connectivity index is 2.49. The second kappa shape index (κ2) is 3.69. The minimum atomic E-state index is -1.10. The van der Waals surface area contributed by atoms with Gasteiger partial charge in [-0.1, -0.05) is 0 Å². The number of aliphatic carboxylic acids is 1. The molecule has 0 aromatic heterocycles. The molecule has 0 unspecified atom stereocenters. The summed E-state index contributed by atoms with van der Waals surface area (Å²) in [6.07, 6.45) is -0.388. The van der Waals surface area contributed by atoms with Crippen LogP contribution in [0.2, 0.25) is 0 Å². The summed E-state index contributed by atoms with van der Waals surface area (Å²) >= 11 is 3.00. The molecule has 0 saturated carbocycles. The van der Waals surface area contributed by atoms with Crippen LogP contribution in [0, 0.1) is 5.82 Å². The van der Waals surface area contributed by atoms with Crippen LogP contribution in [0.1, 0.15) is 5.56 Å². The van der Waals surface area contributed by atoms with Crippen LogP contribution >= 0.6 is 15.9 Å². The van der Waals surface area contributed by atoms with Gasteiger partial charge in [0.05, 0.1) is 10.9 Å². The van der Waals surface area contributed by atoms with Gasteiger partial charge in [-0.2, -0.15) is 0 Å². The van der Waals surface area contributed by atoms with Crippen molar-refractivity contribution in [1.82, 2.24) is 0 Å². The quantitative estimate of drug-likeness (QED) is 0.897. The Morgan fingerprint density at radius 2 is 2.33 bits per heavy atom. The predicted octanol–water partition coefficient (Wildman–Crippen LogP) is 1.94. The van der Waals surface area contributed by atoms with Crippen LogP contribution in [-0.2, 0) is 11.2 Å². The van der Waals surface area contributed by atoms with E-state index >= 15 is 0 Å². The minimum Gasteiger partial charge on any atom is -0.481 e. The van der Waals surface area contributed by atoms with Gasteiger partial charge in [-0.3, -0.25) is 4.79 Å². The first kappa shape index (κ1) is 10.2. The van der Waals surface area contributed by atoms with Gasteiger partial charge in [-0.05, 0) is 22.0 Å². The molecule has 0 radical (unpaired) electrons. The summed E-state index contributed by atoms with van der Waals surface area (Å²) < 4.78 is 23.7. The van der Waals surface area contributed by atoms with Gasteiger partial charge in [0, 0.05) is 5.56 Å². The molecule has 0 saturated heterocycles. The molecule has 0 aliphatic carbocycles. The topological polar surface area (TPSA) is 55.8 Å². The number of fused-ring (bicyclic) bond motifs is 1. The summed E-state index contributed by atoms with van der Waals surface area (Å²) in [5, 5.41) is 8.58. The van der Waals surface area contributed by atoms with E-state index in [1.807, 2.05) is 0 Å². The van der Waals surface area contributed by atoms with Crippen molar-refractivity contribution in [2.24, 2.45) is 0 Å². The smallest absolute Gasteiger partial charge is 0.307 e. The number of benzene rings is 1. The maximum Gasteiger partial charge on any atom is 0.307 e. The van der Waals surface area contributed by atoms with E-state index in [4.69, 9.17) is 14.6 Å². The molecule has 0 fully saturated rings. The summed E-state index contributed by atoms with van der Waals surface area (Å²) in [6.45, 7) is 0.0178. The van der Waals surface area contributed by atoms with Crippen molar-refractivity contribution < 1.29 is 23.8 Å². The van der Waals surface area contributed by atoms with Gasteiger partial charge in [0.2, 0.25) is 6.79 Å². The van der Waals surface area contributed by atoms with Crippen LogP contribution in [0.5, 0.6) is 11.5 Å². The summed E-state index contributed by atoms with van der Waals surface area (Å²) in [5.74, 6) is -1.08. The molecule has 6 heteroatoms. The molecular weight excluding hydrogens is 271 g/mol. The Morgan fingerprint density at radius 1 is 1.60 bits per heavy atom. The van der Waals surface area contributed by atoms with Crippen LogP contribution in [-0.4, -0.2) is 17.9 Å². The Bertz CT molecular complexity index is 433. The average Bonchev–Trinajstić information content (AvgIpc) is 2.61. The summed E-state index contributed by atoms with van der Waals surface area (Å²) in [5.41, 5.74) is 0.0682. The van der Waals surface area contributed by atoms with E-state index in [-0.39, 0.29) is 29.0 Å². The van der Waals surface area contributed by atoms with Crippen LogP contribution in [0.25, 0.3) is 0 Å². The highest BCUT2D eigenvalue weighted by molar-refractivity contribution is 9.10. The average molecular weight is 277 g/mol. The zero-order chi connectivity index (χ0) is 11.0. The van der Waals surface area contributed by atoms with Crippen LogP contribution in [0.3, 0.4) is 0 Å². The second-order valence-electron chi connectivity index (χ2n) is 2.97. The largest absolute Gasteiger partial charge is 0.481 e. The molecule has 0 amide bonds. The number of carbonyl (C=O) groups is 1. The fraction of sp³-hybridized carbons (Fsp3) is 0.222. The van der Waals surface area contributed by atoms with Gasteiger partial charge in [0.15, 0.2) is 11.5 Å². The zero-order valence-electron chi connectivity index (χ0n) is 7.42. The Labute approximate surface area is 92.7 Å². The first-order valence-corrected chi connectivity index (χ1v) is 4.87. The van der Waals surface area contributed by atoms with Crippen molar-refractivity contribution in [3.8, 4) is 11.5 Å². The lowest BCUT2D eigenvalue weighted by Gasteiger charge is -2.05. The Morgan fingerprint density at radius 3 is 3.00 bits per heavy atom. The molecule has 1 aliphatic rings. The molecule has 1 aromatic rings. The second-order valence-corrected chi connectivity index (χ2v) is 3.76. The van der Waals surface area contributed by atoms with Crippen molar-refractivity contribution in [3.63, 3.8) is 0 Å². The standard InChI is InChI=1S/C9H6BrFO4/c10-7-8(11)4(2-6(12)13)1-5-9(7)15-3-14-5/h1H,2-3H2,(H,12,13). The third-order valence-corrected chi connectivity index (χ3v) is 2.67. The van der Waals surface area contributed by atoms with E-state index < -0.39 is 11.8 Å². The van der Waals surface area contributed by atoms with Crippen LogP contribution in [0.15, 0.2) is 10.5 Å².